The minimum Gasteiger partial charge on any atom is -0.366 e. The third-order valence-electron chi connectivity index (χ3n) is 3.15. The molecular formula is C13H26O3. The molecule has 2 atom stereocenters. The van der Waals surface area contributed by atoms with Crippen molar-refractivity contribution in [3.8, 4) is 0 Å². The van der Waals surface area contributed by atoms with E-state index in [9.17, 15) is 5.11 Å². The maximum Gasteiger partial charge on any atom is 0.181 e. The molecule has 2 unspecified atom stereocenters. The number of ether oxygens (including phenoxy) is 2. The van der Waals surface area contributed by atoms with Gasteiger partial charge in [0.1, 0.15) is 6.61 Å². The molecule has 0 aromatic carbocycles. The van der Waals surface area contributed by atoms with Gasteiger partial charge in [-0.2, -0.15) is 0 Å². The molecule has 1 saturated heterocycles. The summed E-state index contributed by atoms with van der Waals surface area (Å²) in [7, 11) is 0. The summed E-state index contributed by atoms with van der Waals surface area (Å²) in [6, 6.07) is 0. The third-order valence-corrected chi connectivity index (χ3v) is 3.15. The van der Waals surface area contributed by atoms with Crippen molar-refractivity contribution in [1.29, 1.82) is 0 Å². The Hall–Kier alpha value is -0.120. The van der Waals surface area contributed by atoms with Crippen LogP contribution in [0.3, 0.4) is 0 Å². The predicted octanol–water partition coefficient (Wildman–Crippen LogP) is 3.21. The third kappa shape index (κ3) is 5.28. The molecule has 0 saturated carbocycles. The van der Waals surface area contributed by atoms with E-state index in [0.717, 1.165) is 12.8 Å². The molecule has 16 heavy (non-hydrogen) atoms. The molecule has 1 aliphatic heterocycles. The number of aliphatic hydroxyl groups excluding tert-OH is 1. The van der Waals surface area contributed by atoms with Crippen molar-refractivity contribution >= 4 is 0 Å². The monoisotopic (exact) mass is 230 g/mol. The number of hydrogen-bond acceptors (Lipinski definition) is 3. The van der Waals surface area contributed by atoms with E-state index >= 15 is 0 Å². The van der Waals surface area contributed by atoms with Gasteiger partial charge in [-0.3, -0.25) is 0 Å². The normalized spacial score (nSPS) is 29.8. The fourth-order valence-electron chi connectivity index (χ4n) is 2.14. The van der Waals surface area contributed by atoms with E-state index in [1.807, 2.05) is 6.92 Å². The molecule has 0 aromatic heterocycles. The first-order valence-corrected chi connectivity index (χ1v) is 6.66. The van der Waals surface area contributed by atoms with E-state index in [1.165, 1.54) is 38.5 Å². The maximum atomic E-state index is 9.22. The highest BCUT2D eigenvalue weighted by Gasteiger charge is 2.35. The molecule has 1 rings (SSSR count). The highest BCUT2D eigenvalue weighted by atomic mass is 16.8. The van der Waals surface area contributed by atoms with Gasteiger partial charge in [0, 0.05) is 6.42 Å². The summed E-state index contributed by atoms with van der Waals surface area (Å²) in [5, 5.41) is 9.22. The molecule has 1 aliphatic rings. The Morgan fingerprint density at radius 1 is 1.12 bits per heavy atom. The summed E-state index contributed by atoms with van der Waals surface area (Å²) in [5.74, 6) is -0.539. The summed E-state index contributed by atoms with van der Waals surface area (Å²) < 4.78 is 10.8. The van der Waals surface area contributed by atoms with Crippen LogP contribution in [-0.2, 0) is 9.47 Å². The Bertz CT molecular complexity index is 184. The van der Waals surface area contributed by atoms with E-state index in [-0.39, 0.29) is 0 Å². The molecule has 0 aliphatic carbocycles. The van der Waals surface area contributed by atoms with Gasteiger partial charge in [-0.05, 0) is 13.3 Å². The van der Waals surface area contributed by atoms with Crippen LogP contribution in [0.2, 0.25) is 0 Å². The molecule has 96 valence electrons. The number of unbranched alkanes of at least 4 members (excludes halogenated alkanes) is 6. The van der Waals surface area contributed by atoms with Crippen LogP contribution in [0.1, 0.15) is 65.2 Å². The van der Waals surface area contributed by atoms with Gasteiger partial charge in [-0.15, -0.1) is 0 Å². The Kier molecular flexibility index (Phi) is 6.32. The van der Waals surface area contributed by atoms with Gasteiger partial charge < -0.3 is 14.6 Å². The van der Waals surface area contributed by atoms with Crippen molar-refractivity contribution in [2.24, 2.45) is 0 Å². The van der Waals surface area contributed by atoms with Crippen molar-refractivity contribution in [2.45, 2.75) is 77.3 Å². The van der Waals surface area contributed by atoms with E-state index in [1.54, 1.807) is 0 Å². The fraction of sp³-hybridized carbons (Fsp3) is 1.00. The molecule has 0 spiro atoms. The molecular weight excluding hydrogens is 204 g/mol. The number of rotatable bonds is 8. The highest BCUT2D eigenvalue weighted by Crippen LogP contribution is 2.27. The van der Waals surface area contributed by atoms with Crippen molar-refractivity contribution < 1.29 is 14.6 Å². The lowest BCUT2D eigenvalue weighted by Gasteiger charge is -2.22. The molecule has 1 fully saturated rings. The highest BCUT2D eigenvalue weighted by molar-refractivity contribution is 4.69. The molecule has 3 nitrogen and oxygen atoms in total. The first-order valence-electron chi connectivity index (χ1n) is 6.66. The molecule has 1 heterocycles. The molecule has 0 bridgehead atoms. The average Bonchev–Trinajstić information content (AvgIpc) is 2.58. The maximum absolute atomic E-state index is 9.22. The zero-order valence-electron chi connectivity index (χ0n) is 10.7. The van der Waals surface area contributed by atoms with E-state index < -0.39 is 12.1 Å². The lowest BCUT2D eigenvalue weighted by molar-refractivity contribution is -0.190. The van der Waals surface area contributed by atoms with E-state index in [4.69, 9.17) is 9.47 Å². The standard InChI is InChI=1S/C13H26O3/c1-3-4-5-6-7-8-9-10-13(2)15-11-12(14)16-13/h12,14H,3-11H2,1-2H3. The average molecular weight is 230 g/mol. The minimum atomic E-state index is -0.727. The van der Waals surface area contributed by atoms with E-state index in [0.29, 0.717) is 6.61 Å². The summed E-state index contributed by atoms with van der Waals surface area (Å²) in [4.78, 5) is 0. The van der Waals surface area contributed by atoms with Crippen LogP contribution in [0.5, 0.6) is 0 Å². The second-order valence-electron chi connectivity index (χ2n) is 4.89. The minimum absolute atomic E-state index is 0.312. The van der Waals surface area contributed by atoms with Crippen molar-refractivity contribution in [3.63, 3.8) is 0 Å². The topological polar surface area (TPSA) is 38.7 Å². The van der Waals surface area contributed by atoms with Gasteiger partial charge in [0.2, 0.25) is 0 Å². The molecule has 0 amide bonds. The van der Waals surface area contributed by atoms with Crippen LogP contribution in [-0.4, -0.2) is 23.8 Å². The van der Waals surface area contributed by atoms with Crippen LogP contribution in [0, 0.1) is 0 Å². The SMILES string of the molecule is CCCCCCCCCC1(C)OCC(O)O1. The van der Waals surface area contributed by atoms with Crippen molar-refractivity contribution in [1.82, 2.24) is 0 Å². The van der Waals surface area contributed by atoms with Crippen LogP contribution in [0.4, 0.5) is 0 Å². The second kappa shape index (κ2) is 7.25. The Balaban J connectivity index is 1.94. The van der Waals surface area contributed by atoms with Gasteiger partial charge in [0.15, 0.2) is 12.1 Å². The smallest absolute Gasteiger partial charge is 0.181 e. The molecule has 0 radical (unpaired) electrons. The molecule has 0 aromatic rings. The zero-order chi connectivity index (χ0) is 11.9. The summed E-state index contributed by atoms with van der Waals surface area (Å²) >= 11 is 0. The predicted molar refractivity (Wildman–Crippen MR) is 64.1 cm³/mol. The van der Waals surface area contributed by atoms with Gasteiger partial charge in [0.05, 0.1) is 0 Å². The van der Waals surface area contributed by atoms with Crippen LogP contribution in [0.15, 0.2) is 0 Å². The zero-order valence-corrected chi connectivity index (χ0v) is 10.7. The van der Waals surface area contributed by atoms with Gasteiger partial charge in [-0.1, -0.05) is 45.4 Å². The lowest BCUT2D eigenvalue weighted by atomic mass is 10.1. The first kappa shape index (κ1) is 13.9. The Labute approximate surface area is 99.1 Å². The molecule has 1 N–H and O–H groups in total. The largest absolute Gasteiger partial charge is 0.366 e. The summed E-state index contributed by atoms with van der Waals surface area (Å²) in [6.45, 7) is 4.47. The van der Waals surface area contributed by atoms with E-state index in [2.05, 4.69) is 6.92 Å². The fourth-order valence-corrected chi connectivity index (χ4v) is 2.14. The second-order valence-corrected chi connectivity index (χ2v) is 4.89. The summed E-state index contributed by atoms with van der Waals surface area (Å²) in [6.07, 6.45) is 9.19. The Morgan fingerprint density at radius 2 is 1.75 bits per heavy atom. The molecule has 3 heteroatoms. The Morgan fingerprint density at radius 3 is 2.31 bits per heavy atom. The van der Waals surface area contributed by atoms with Gasteiger partial charge in [0.25, 0.3) is 0 Å². The number of aliphatic hydroxyl groups is 1. The first-order chi connectivity index (χ1) is 7.66. The van der Waals surface area contributed by atoms with Crippen LogP contribution >= 0.6 is 0 Å². The van der Waals surface area contributed by atoms with Crippen molar-refractivity contribution in [2.75, 3.05) is 6.61 Å². The van der Waals surface area contributed by atoms with Crippen LogP contribution < -0.4 is 0 Å². The van der Waals surface area contributed by atoms with Crippen molar-refractivity contribution in [3.05, 3.63) is 0 Å². The quantitative estimate of drug-likeness (QED) is 0.651. The lowest BCUT2D eigenvalue weighted by Crippen LogP contribution is -2.26. The van der Waals surface area contributed by atoms with Gasteiger partial charge in [-0.25, -0.2) is 0 Å². The van der Waals surface area contributed by atoms with Crippen LogP contribution in [0.25, 0.3) is 0 Å². The van der Waals surface area contributed by atoms with Gasteiger partial charge >= 0.3 is 0 Å². The summed E-state index contributed by atoms with van der Waals surface area (Å²) in [5.41, 5.74) is 0. The number of hydrogen-bond donors (Lipinski definition) is 1.